The van der Waals surface area contributed by atoms with Gasteiger partial charge in [0.15, 0.2) is 0 Å². The van der Waals surface area contributed by atoms with Crippen LogP contribution in [-0.4, -0.2) is 54.1 Å². The number of morpholine rings is 1. The number of hydrogen-bond acceptors (Lipinski definition) is 6. The number of H-pyrrole nitrogens is 1. The van der Waals surface area contributed by atoms with Gasteiger partial charge in [0.2, 0.25) is 11.9 Å². The average molecular weight is 439 g/mol. The molecule has 8 heteroatoms. The van der Waals surface area contributed by atoms with E-state index in [0.29, 0.717) is 56.5 Å². The second kappa shape index (κ2) is 9.56. The van der Waals surface area contributed by atoms with Crippen LogP contribution in [0.5, 0.6) is 0 Å². The molecule has 0 bridgehead atoms. The lowest BCUT2D eigenvalue weighted by molar-refractivity contribution is -0.130. The first-order valence-corrected chi connectivity index (χ1v) is 11.1. The van der Waals surface area contributed by atoms with E-state index < -0.39 is 0 Å². The molecule has 8 nitrogen and oxygen atoms in total. The van der Waals surface area contributed by atoms with Crippen molar-refractivity contribution in [1.82, 2.24) is 14.9 Å². The molecule has 1 aromatic carbocycles. The summed E-state index contributed by atoms with van der Waals surface area (Å²) in [5, 5.41) is 1.04. The van der Waals surface area contributed by atoms with E-state index >= 15 is 0 Å². The minimum atomic E-state index is -0.177. The van der Waals surface area contributed by atoms with Crippen molar-refractivity contribution in [2.24, 2.45) is 0 Å². The Labute approximate surface area is 187 Å². The van der Waals surface area contributed by atoms with E-state index in [9.17, 15) is 9.59 Å². The maximum Gasteiger partial charge on any atom is 0.255 e. The minimum Gasteiger partial charge on any atom is -0.461 e. The molecule has 3 heterocycles. The molecule has 3 aromatic rings. The van der Waals surface area contributed by atoms with E-state index in [1.165, 1.54) is 0 Å². The van der Waals surface area contributed by atoms with E-state index in [1.54, 1.807) is 11.9 Å². The first kappa shape index (κ1) is 22.1. The van der Waals surface area contributed by atoms with Gasteiger partial charge in [-0.05, 0) is 19.4 Å². The summed E-state index contributed by atoms with van der Waals surface area (Å²) >= 11 is 0. The third-order valence-electron chi connectivity index (χ3n) is 6.03. The van der Waals surface area contributed by atoms with Gasteiger partial charge in [-0.3, -0.25) is 14.6 Å². The largest absolute Gasteiger partial charge is 0.461 e. The van der Waals surface area contributed by atoms with Gasteiger partial charge in [-0.25, -0.2) is 4.98 Å². The Bertz CT molecular complexity index is 1160. The Hall–Kier alpha value is -3.13. The highest BCUT2D eigenvalue weighted by molar-refractivity contribution is 5.83. The number of carbonyl (C=O) groups excluding carboxylic acids is 1. The number of furan rings is 1. The molecule has 1 aliphatic heterocycles. The minimum absolute atomic E-state index is 0.0200. The molecule has 0 radical (unpaired) electrons. The van der Waals surface area contributed by atoms with Crippen molar-refractivity contribution in [3.8, 4) is 0 Å². The monoisotopic (exact) mass is 438 g/mol. The van der Waals surface area contributed by atoms with Crippen LogP contribution >= 0.6 is 0 Å². The number of aryl methyl sites for hydroxylation is 2. The smallest absolute Gasteiger partial charge is 0.255 e. The molecule has 1 saturated heterocycles. The quantitative estimate of drug-likeness (QED) is 0.610. The predicted molar refractivity (Wildman–Crippen MR) is 123 cm³/mol. The number of carbonyl (C=O) groups is 1. The molecular weight excluding hydrogens is 408 g/mol. The molecule has 0 aliphatic carbocycles. The molecule has 4 rings (SSSR count). The van der Waals surface area contributed by atoms with E-state index in [-0.39, 0.29) is 17.9 Å². The summed E-state index contributed by atoms with van der Waals surface area (Å²) in [5.41, 5.74) is 2.94. The summed E-state index contributed by atoms with van der Waals surface area (Å²) in [5.74, 6) is 1.45. The molecule has 1 amide bonds. The summed E-state index contributed by atoms with van der Waals surface area (Å²) < 4.78 is 11.3. The Kier molecular flexibility index (Phi) is 6.60. The van der Waals surface area contributed by atoms with Crippen LogP contribution in [0, 0.1) is 6.92 Å². The predicted octanol–water partition coefficient (Wildman–Crippen LogP) is 2.81. The molecular formula is C24H30N4O4. The van der Waals surface area contributed by atoms with E-state index in [4.69, 9.17) is 9.15 Å². The number of anilines is 1. The first-order chi connectivity index (χ1) is 15.5. The van der Waals surface area contributed by atoms with E-state index in [2.05, 4.69) is 9.97 Å². The fraction of sp³-hybridized carbons (Fsp3) is 0.458. The SMILES string of the molecule is CCc1oc2ccccc2c1CN(C)C(=O)CCc1c(C)nc(N2CCOCC2)[nH]c1=O. The number of hydrogen-bond donors (Lipinski definition) is 1. The van der Waals surface area contributed by atoms with Crippen LogP contribution in [0.1, 0.15) is 35.9 Å². The number of nitrogens with one attached hydrogen (secondary N) is 1. The lowest BCUT2D eigenvalue weighted by Gasteiger charge is -2.27. The van der Waals surface area contributed by atoms with Crippen molar-refractivity contribution in [2.75, 3.05) is 38.3 Å². The molecule has 2 aromatic heterocycles. The lowest BCUT2D eigenvalue weighted by atomic mass is 10.1. The zero-order valence-corrected chi connectivity index (χ0v) is 18.9. The molecule has 1 N–H and O–H groups in total. The van der Waals surface area contributed by atoms with Crippen LogP contribution in [0.4, 0.5) is 5.95 Å². The Balaban J connectivity index is 1.43. The van der Waals surface area contributed by atoms with Gasteiger partial charge in [0.1, 0.15) is 11.3 Å². The number of amides is 1. The maximum atomic E-state index is 12.9. The van der Waals surface area contributed by atoms with Gasteiger partial charge < -0.3 is 19.0 Å². The molecule has 0 saturated carbocycles. The molecule has 0 spiro atoms. The van der Waals surface area contributed by atoms with Gasteiger partial charge in [-0.1, -0.05) is 25.1 Å². The number of rotatable bonds is 7. The van der Waals surface area contributed by atoms with Gasteiger partial charge >= 0.3 is 0 Å². The third-order valence-corrected chi connectivity index (χ3v) is 6.03. The second-order valence-corrected chi connectivity index (χ2v) is 8.16. The van der Waals surface area contributed by atoms with E-state index in [1.807, 2.05) is 43.0 Å². The van der Waals surface area contributed by atoms with Gasteiger partial charge in [0.05, 0.1) is 13.2 Å². The van der Waals surface area contributed by atoms with E-state index in [0.717, 1.165) is 28.7 Å². The Morgan fingerprint density at radius 1 is 1.22 bits per heavy atom. The van der Waals surface area contributed by atoms with Crippen molar-refractivity contribution in [2.45, 2.75) is 39.7 Å². The highest BCUT2D eigenvalue weighted by Crippen LogP contribution is 2.27. The number of nitrogens with zero attached hydrogens (tertiary/aromatic N) is 3. The van der Waals surface area contributed by atoms with Gasteiger partial charge in [-0.15, -0.1) is 0 Å². The summed E-state index contributed by atoms with van der Waals surface area (Å²) in [4.78, 5) is 36.7. The van der Waals surface area contributed by atoms with Crippen molar-refractivity contribution < 1.29 is 13.9 Å². The number of aromatic amines is 1. The van der Waals surface area contributed by atoms with Crippen molar-refractivity contribution >= 4 is 22.8 Å². The van der Waals surface area contributed by atoms with Crippen LogP contribution < -0.4 is 10.5 Å². The van der Waals surface area contributed by atoms with Crippen LogP contribution in [0.15, 0.2) is 33.5 Å². The second-order valence-electron chi connectivity index (χ2n) is 8.16. The summed E-state index contributed by atoms with van der Waals surface area (Å²) in [6.07, 6.45) is 1.37. The molecule has 170 valence electrons. The normalized spacial score (nSPS) is 14.2. The van der Waals surface area contributed by atoms with Gasteiger partial charge in [0.25, 0.3) is 5.56 Å². The third kappa shape index (κ3) is 4.55. The highest BCUT2D eigenvalue weighted by Gasteiger charge is 2.19. The molecule has 1 aliphatic rings. The number of benzene rings is 1. The highest BCUT2D eigenvalue weighted by atomic mass is 16.5. The van der Waals surface area contributed by atoms with Crippen molar-refractivity contribution in [1.29, 1.82) is 0 Å². The molecule has 0 atom stereocenters. The van der Waals surface area contributed by atoms with Crippen LogP contribution in [0.2, 0.25) is 0 Å². The van der Waals surface area contributed by atoms with Crippen LogP contribution in [0.25, 0.3) is 11.0 Å². The molecule has 1 fully saturated rings. The maximum absolute atomic E-state index is 12.9. The fourth-order valence-electron chi connectivity index (χ4n) is 4.17. The Morgan fingerprint density at radius 2 is 1.97 bits per heavy atom. The zero-order chi connectivity index (χ0) is 22.7. The van der Waals surface area contributed by atoms with Gasteiger partial charge in [0, 0.05) is 61.7 Å². The summed E-state index contributed by atoms with van der Waals surface area (Å²) in [7, 11) is 1.79. The van der Waals surface area contributed by atoms with Crippen LogP contribution in [-0.2, 0) is 28.9 Å². The van der Waals surface area contributed by atoms with Gasteiger partial charge in [-0.2, -0.15) is 0 Å². The number of fused-ring (bicyclic) bond motifs is 1. The topological polar surface area (TPSA) is 91.7 Å². The van der Waals surface area contributed by atoms with Crippen molar-refractivity contribution in [3.63, 3.8) is 0 Å². The fourth-order valence-corrected chi connectivity index (χ4v) is 4.17. The Morgan fingerprint density at radius 3 is 2.69 bits per heavy atom. The summed E-state index contributed by atoms with van der Waals surface area (Å²) in [6, 6.07) is 7.89. The average Bonchev–Trinajstić information content (AvgIpc) is 3.16. The number of ether oxygens (including phenoxy) is 1. The number of aromatic nitrogens is 2. The molecule has 32 heavy (non-hydrogen) atoms. The lowest BCUT2D eigenvalue weighted by Crippen LogP contribution is -2.38. The van der Waals surface area contributed by atoms with Crippen molar-refractivity contribution in [3.05, 3.63) is 57.2 Å². The summed E-state index contributed by atoms with van der Waals surface area (Å²) in [6.45, 7) is 7.00. The molecule has 0 unspecified atom stereocenters. The number of para-hydroxylation sites is 1. The standard InChI is InChI=1S/C24H30N4O4/c1-4-20-19(18-7-5-6-8-21(18)32-20)15-27(3)22(29)10-9-17-16(2)25-24(26-23(17)30)28-11-13-31-14-12-28/h5-8H,4,9-15H2,1-3H3,(H,25,26,30). The zero-order valence-electron chi connectivity index (χ0n) is 18.9. The first-order valence-electron chi connectivity index (χ1n) is 11.1. The van der Waals surface area contributed by atoms with Crippen LogP contribution in [0.3, 0.4) is 0 Å².